The Balaban J connectivity index is 2.30. The quantitative estimate of drug-likeness (QED) is 0.824. The second-order valence-corrected chi connectivity index (χ2v) is 3.88. The molecule has 0 aliphatic rings. The van der Waals surface area contributed by atoms with Crippen LogP contribution in [0.4, 0.5) is 0 Å². The number of carbonyl (C=O) groups is 1. The number of carbonyl (C=O) groups excluding carboxylic acids is 1. The molecule has 18 heavy (non-hydrogen) atoms. The van der Waals surface area contributed by atoms with Crippen molar-refractivity contribution >= 4 is 6.29 Å². The lowest BCUT2D eigenvalue weighted by atomic mass is 10.2. The largest absolute Gasteiger partial charge is 0.493 e. The van der Waals surface area contributed by atoms with Gasteiger partial charge in [0.15, 0.2) is 17.8 Å². The minimum absolute atomic E-state index is 0.185. The molecule has 1 aromatic carbocycles. The monoisotopic (exact) mass is 245 g/mol. The van der Waals surface area contributed by atoms with Gasteiger partial charge in [-0.1, -0.05) is 6.07 Å². The second kappa shape index (κ2) is 5.40. The fourth-order valence-corrected chi connectivity index (χ4v) is 1.75. The molecule has 1 heterocycles. The third-order valence-corrected chi connectivity index (χ3v) is 2.71. The predicted molar refractivity (Wildman–Crippen MR) is 68.2 cm³/mol. The number of ether oxygens (including phenoxy) is 2. The van der Waals surface area contributed by atoms with Crippen LogP contribution in [0.2, 0.25) is 0 Å². The van der Waals surface area contributed by atoms with Crippen molar-refractivity contribution in [3.05, 3.63) is 47.8 Å². The molecule has 0 spiro atoms. The van der Waals surface area contributed by atoms with Crippen LogP contribution in [0.3, 0.4) is 0 Å². The highest BCUT2D eigenvalue weighted by Crippen LogP contribution is 2.33. The van der Waals surface area contributed by atoms with Gasteiger partial charge >= 0.3 is 0 Å². The van der Waals surface area contributed by atoms with Gasteiger partial charge in [0, 0.05) is 6.20 Å². The Morgan fingerprint density at radius 3 is 2.72 bits per heavy atom. The molecule has 94 valence electrons. The molecule has 1 aromatic heterocycles. The molecule has 0 amide bonds. The molecular weight excluding hydrogens is 230 g/mol. The number of hydrogen-bond acceptors (Lipinski definition) is 3. The Kier molecular flexibility index (Phi) is 3.67. The van der Waals surface area contributed by atoms with Gasteiger partial charge in [0.1, 0.15) is 6.10 Å². The van der Waals surface area contributed by atoms with Gasteiger partial charge in [0.2, 0.25) is 0 Å². The number of methoxy groups -OCH3 is 1. The Morgan fingerprint density at radius 1 is 1.28 bits per heavy atom. The Bertz CT molecular complexity index is 520. The fourth-order valence-electron chi connectivity index (χ4n) is 1.75. The predicted octanol–water partition coefficient (Wildman–Crippen LogP) is 2.98. The van der Waals surface area contributed by atoms with Crippen molar-refractivity contribution < 1.29 is 14.3 Å². The summed E-state index contributed by atoms with van der Waals surface area (Å²) in [4.78, 5) is 14.1. The van der Waals surface area contributed by atoms with Crippen molar-refractivity contribution in [1.82, 2.24) is 4.98 Å². The molecule has 0 radical (unpaired) electrons. The number of rotatable bonds is 5. The summed E-state index contributed by atoms with van der Waals surface area (Å²) >= 11 is 0. The van der Waals surface area contributed by atoms with Gasteiger partial charge in [-0.2, -0.15) is 0 Å². The average molecular weight is 245 g/mol. The summed E-state index contributed by atoms with van der Waals surface area (Å²) in [6.45, 7) is 1.91. The standard InChI is InChI=1S/C14H15NO3/c1-10(12-6-4-8-15-12)18-14-11(9-16)5-3-7-13(14)17-2/h3-10,15H,1-2H3. The molecule has 4 nitrogen and oxygen atoms in total. The SMILES string of the molecule is COc1cccc(C=O)c1OC(C)c1ccc[nH]1. The van der Waals surface area contributed by atoms with E-state index >= 15 is 0 Å². The van der Waals surface area contributed by atoms with Crippen LogP contribution >= 0.6 is 0 Å². The zero-order valence-corrected chi connectivity index (χ0v) is 10.3. The molecule has 4 heteroatoms. The third-order valence-electron chi connectivity index (χ3n) is 2.71. The van der Waals surface area contributed by atoms with E-state index in [-0.39, 0.29) is 6.10 Å². The van der Waals surface area contributed by atoms with Gasteiger partial charge in [0.05, 0.1) is 18.4 Å². The highest BCUT2D eigenvalue weighted by atomic mass is 16.5. The number of nitrogens with one attached hydrogen (secondary N) is 1. The highest BCUT2D eigenvalue weighted by Gasteiger charge is 2.15. The Morgan fingerprint density at radius 2 is 2.11 bits per heavy atom. The van der Waals surface area contributed by atoms with Gasteiger partial charge in [-0.25, -0.2) is 0 Å². The number of aromatic nitrogens is 1. The van der Waals surface area contributed by atoms with Crippen molar-refractivity contribution in [2.24, 2.45) is 0 Å². The molecule has 0 saturated heterocycles. The molecule has 0 saturated carbocycles. The van der Waals surface area contributed by atoms with Crippen LogP contribution in [0.1, 0.15) is 29.1 Å². The summed E-state index contributed by atoms with van der Waals surface area (Å²) < 4.78 is 11.0. The van der Waals surface area contributed by atoms with Crippen LogP contribution in [0.5, 0.6) is 11.5 Å². The first kappa shape index (κ1) is 12.2. The Hall–Kier alpha value is -2.23. The van der Waals surface area contributed by atoms with Crippen molar-refractivity contribution in [2.75, 3.05) is 7.11 Å². The van der Waals surface area contributed by atoms with E-state index in [0.29, 0.717) is 17.1 Å². The number of hydrogen-bond donors (Lipinski definition) is 1. The van der Waals surface area contributed by atoms with Crippen LogP contribution < -0.4 is 9.47 Å². The maximum Gasteiger partial charge on any atom is 0.172 e. The van der Waals surface area contributed by atoms with Crippen LogP contribution in [0, 0.1) is 0 Å². The zero-order valence-electron chi connectivity index (χ0n) is 10.3. The number of H-pyrrole nitrogens is 1. The first-order valence-corrected chi connectivity index (χ1v) is 5.68. The molecule has 1 unspecified atom stereocenters. The summed E-state index contributed by atoms with van der Waals surface area (Å²) in [6, 6.07) is 9.06. The van der Waals surface area contributed by atoms with Crippen LogP contribution in [-0.4, -0.2) is 18.4 Å². The fraction of sp³-hybridized carbons (Fsp3) is 0.214. The first-order valence-electron chi connectivity index (χ1n) is 5.68. The normalized spacial score (nSPS) is 11.9. The van der Waals surface area contributed by atoms with Crippen LogP contribution in [0.15, 0.2) is 36.5 Å². The number of aromatic amines is 1. The van der Waals surface area contributed by atoms with E-state index < -0.39 is 0 Å². The minimum Gasteiger partial charge on any atom is -0.493 e. The van der Waals surface area contributed by atoms with E-state index in [2.05, 4.69) is 4.98 Å². The molecule has 2 aromatic rings. The topological polar surface area (TPSA) is 51.3 Å². The lowest BCUT2D eigenvalue weighted by molar-refractivity contribution is 0.111. The molecule has 1 atom stereocenters. The van der Waals surface area contributed by atoms with Crippen molar-refractivity contribution in [1.29, 1.82) is 0 Å². The summed E-state index contributed by atoms with van der Waals surface area (Å²) in [6.07, 6.45) is 2.41. The summed E-state index contributed by atoms with van der Waals surface area (Å²) in [5, 5.41) is 0. The van der Waals surface area contributed by atoms with E-state index in [0.717, 1.165) is 12.0 Å². The zero-order chi connectivity index (χ0) is 13.0. The van der Waals surface area contributed by atoms with Crippen LogP contribution in [-0.2, 0) is 0 Å². The van der Waals surface area contributed by atoms with Crippen molar-refractivity contribution in [2.45, 2.75) is 13.0 Å². The summed E-state index contributed by atoms with van der Waals surface area (Å²) in [5.74, 6) is 1.02. The van der Waals surface area contributed by atoms with Gasteiger partial charge in [-0.3, -0.25) is 4.79 Å². The van der Waals surface area contributed by atoms with E-state index in [1.165, 1.54) is 0 Å². The average Bonchev–Trinajstić information content (AvgIpc) is 2.93. The van der Waals surface area contributed by atoms with Gasteiger partial charge in [-0.05, 0) is 31.2 Å². The third kappa shape index (κ3) is 2.37. The molecular formula is C14H15NO3. The molecule has 0 bridgehead atoms. The molecule has 0 aliphatic carbocycles. The lowest BCUT2D eigenvalue weighted by Crippen LogP contribution is -2.06. The smallest absolute Gasteiger partial charge is 0.172 e. The first-order chi connectivity index (χ1) is 8.76. The van der Waals surface area contributed by atoms with E-state index in [1.807, 2.05) is 25.3 Å². The van der Waals surface area contributed by atoms with Gasteiger partial charge in [0.25, 0.3) is 0 Å². The van der Waals surface area contributed by atoms with Gasteiger partial charge in [-0.15, -0.1) is 0 Å². The van der Waals surface area contributed by atoms with Crippen molar-refractivity contribution in [3.63, 3.8) is 0 Å². The second-order valence-electron chi connectivity index (χ2n) is 3.88. The van der Waals surface area contributed by atoms with E-state index in [9.17, 15) is 4.79 Å². The molecule has 0 fully saturated rings. The molecule has 2 rings (SSSR count). The minimum atomic E-state index is -0.185. The van der Waals surface area contributed by atoms with Gasteiger partial charge < -0.3 is 14.5 Å². The number of benzene rings is 1. The lowest BCUT2D eigenvalue weighted by Gasteiger charge is -2.17. The van der Waals surface area contributed by atoms with E-state index in [1.54, 1.807) is 25.3 Å². The van der Waals surface area contributed by atoms with Crippen LogP contribution in [0.25, 0.3) is 0 Å². The maximum absolute atomic E-state index is 11.0. The summed E-state index contributed by atoms with van der Waals surface area (Å²) in [7, 11) is 1.55. The van der Waals surface area contributed by atoms with Crippen molar-refractivity contribution in [3.8, 4) is 11.5 Å². The number of aldehydes is 1. The number of para-hydroxylation sites is 1. The Labute approximate surface area is 106 Å². The molecule has 0 aliphatic heterocycles. The van der Waals surface area contributed by atoms with E-state index in [4.69, 9.17) is 9.47 Å². The maximum atomic E-state index is 11.0. The summed E-state index contributed by atoms with van der Waals surface area (Å²) in [5.41, 5.74) is 1.42. The molecule has 1 N–H and O–H groups in total. The highest BCUT2D eigenvalue weighted by molar-refractivity contribution is 5.81.